The first-order valence-electron chi connectivity index (χ1n) is 11.9. The summed E-state index contributed by atoms with van der Waals surface area (Å²) in [5, 5.41) is 3.20. The maximum Gasteiger partial charge on any atom is 0.261 e. The number of hydrogen-bond donors (Lipinski definition) is 1. The van der Waals surface area contributed by atoms with E-state index in [4.69, 9.17) is 9.47 Å². The second-order valence-electron chi connectivity index (χ2n) is 8.69. The minimum absolute atomic E-state index is 0.0813. The molecule has 33 heavy (non-hydrogen) atoms. The number of amides is 2. The summed E-state index contributed by atoms with van der Waals surface area (Å²) in [7, 11) is 1.62. The van der Waals surface area contributed by atoms with Crippen molar-refractivity contribution in [2.75, 3.05) is 13.7 Å². The predicted octanol–water partition coefficient (Wildman–Crippen LogP) is 4.64. The van der Waals surface area contributed by atoms with Crippen molar-refractivity contribution < 1.29 is 19.1 Å². The van der Waals surface area contributed by atoms with Gasteiger partial charge in [0.15, 0.2) is 6.61 Å². The number of methoxy groups -OCH3 is 1. The molecule has 0 heterocycles. The van der Waals surface area contributed by atoms with Crippen LogP contribution in [0.2, 0.25) is 0 Å². The van der Waals surface area contributed by atoms with Gasteiger partial charge in [-0.15, -0.1) is 0 Å². The second-order valence-corrected chi connectivity index (χ2v) is 8.69. The molecule has 1 unspecified atom stereocenters. The zero-order valence-electron chi connectivity index (χ0n) is 20.0. The third kappa shape index (κ3) is 6.98. The van der Waals surface area contributed by atoms with Crippen LogP contribution in [0.3, 0.4) is 0 Å². The van der Waals surface area contributed by atoms with Crippen molar-refractivity contribution in [1.82, 2.24) is 10.2 Å². The van der Waals surface area contributed by atoms with E-state index in [0.29, 0.717) is 18.7 Å². The van der Waals surface area contributed by atoms with Gasteiger partial charge in [-0.25, -0.2) is 0 Å². The van der Waals surface area contributed by atoms with Crippen molar-refractivity contribution in [3.05, 3.63) is 59.7 Å². The number of ether oxygens (including phenoxy) is 2. The zero-order valence-corrected chi connectivity index (χ0v) is 20.0. The van der Waals surface area contributed by atoms with Crippen molar-refractivity contribution in [2.24, 2.45) is 0 Å². The normalized spacial score (nSPS) is 14.9. The van der Waals surface area contributed by atoms with Crippen molar-refractivity contribution in [3.63, 3.8) is 0 Å². The Balaban J connectivity index is 1.76. The summed E-state index contributed by atoms with van der Waals surface area (Å²) in [6, 6.07) is 14.8. The molecule has 3 rings (SSSR count). The summed E-state index contributed by atoms with van der Waals surface area (Å²) in [6.07, 6.45) is 6.05. The number of carbonyl (C=O) groups excluding carboxylic acids is 2. The smallest absolute Gasteiger partial charge is 0.261 e. The van der Waals surface area contributed by atoms with E-state index in [9.17, 15) is 9.59 Å². The van der Waals surface area contributed by atoms with Crippen LogP contribution in [-0.2, 0) is 16.1 Å². The molecule has 0 bridgehead atoms. The van der Waals surface area contributed by atoms with Crippen LogP contribution in [0, 0.1) is 6.92 Å². The lowest BCUT2D eigenvalue weighted by Crippen LogP contribution is -2.52. The van der Waals surface area contributed by atoms with Crippen LogP contribution in [0.25, 0.3) is 0 Å². The SMILES string of the molecule is CCC(C(=O)NC1CCCCC1)N(Cc1ccc(OC)cc1)C(=O)COc1ccccc1C. The Hall–Kier alpha value is -3.02. The molecule has 1 saturated carbocycles. The number of para-hydroxylation sites is 1. The standard InChI is InChI=1S/C27H36N2O4/c1-4-24(27(31)28-22-11-6-5-7-12-22)29(18-21-14-16-23(32-3)17-15-21)26(30)19-33-25-13-9-8-10-20(25)2/h8-10,13-17,22,24H,4-7,11-12,18-19H2,1-3H3,(H,28,31). The van der Waals surface area contributed by atoms with Gasteiger partial charge in [0.25, 0.3) is 5.91 Å². The van der Waals surface area contributed by atoms with Crippen LogP contribution in [0.15, 0.2) is 48.5 Å². The summed E-state index contributed by atoms with van der Waals surface area (Å²) < 4.78 is 11.1. The Morgan fingerprint density at radius 1 is 1.06 bits per heavy atom. The van der Waals surface area contributed by atoms with Crippen LogP contribution >= 0.6 is 0 Å². The maximum atomic E-state index is 13.3. The van der Waals surface area contributed by atoms with E-state index >= 15 is 0 Å². The molecule has 1 aliphatic carbocycles. The lowest BCUT2D eigenvalue weighted by molar-refractivity contribution is -0.143. The van der Waals surface area contributed by atoms with E-state index < -0.39 is 6.04 Å². The Bertz CT molecular complexity index is 907. The molecule has 6 heteroatoms. The summed E-state index contributed by atoms with van der Waals surface area (Å²) in [5.41, 5.74) is 1.90. The fourth-order valence-electron chi connectivity index (χ4n) is 4.33. The predicted molar refractivity (Wildman–Crippen MR) is 129 cm³/mol. The first kappa shape index (κ1) is 24.6. The Labute approximate surface area is 197 Å². The molecule has 1 aliphatic rings. The number of nitrogens with zero attached hydrogens (tertiary/aromatic N) is 1. The van der Waals surface area contributed by atoms with Crippen LogP contribution in [0.4, 0.5) is 0 Å². The van der Waals surface area contributed by atoms with E-state index in [1.807, 2.05) is 62.4 Å². The molecule has 2 aromatic carbocycles. The van der Waals surface area contributed by atoms with Crippen molar-refractivity contribution in [3.8, 4) is 11.5 Å². The van der Waals surface area contributed by atoms with Gasteiger partial charge in [-0.3, -0.25) is 9.59 Å². The maximum absolute atomic E-state index is 13.3. The Morgan fingerprint density at radius 3 is 2.39 bits per heavy atom. The molecule has 2 amide bonds. The number of hydrogen-bond acceptors (Lipinski definition) is 4. The lowest BCUT2D eigenvalue weighted by atomic mass is 9.95. The van der Waals surface area contributed by atoms with Crippen LogP contribution in [0.5, 0.6) is 11.5 Å². The molecular weight excluding hydrogens is 416 g/mol. The number of benzene rings is 2. The first-order valence-corrected chi connectivity index (χ1v) is 11.9. The van der Waals surface area contributed by atoms with Gasteiger partial charge in [-0.05, 0) is 55.5 Å². The van der Waals surface area contributed by atoms with E-state index in [1.54, 1.807) is 12.0 Å². The van der Waals surface area contributed by atoms with Gasteiger partial charge in [0, 0.05) is 12.6 Å². The molecule has 1 fully saturated rings. The fraction of sp³-hybridized carbons (Fsp3) is 0.481. The van der Waals surface area contributed by atoms with Crippen LogP contribution in [-0.4, -0.2) is 42.5 Å². The Morgan fingerprint density at radius 2 is 1.76 bits per heavy atom. The third-order valence-corrected chi connectivity index (χ3v) is 6.29. The fourth-order valence-corrected chi connectivity index (χ4v) is 4.33. The lowest BCUT2D eigenvalue weighted by Gasteiger charge is -2.32. The van der Waals surface area contributed by atoms with E-state index in [1.165, 1.54) is 6.42 Å². The monoisotopic (exact) mass is 452 g/mol. The minimum atomic E-state index is -0.554. The summed E-state index contributed by atoms with van der Waals surface area (Å²) in [5.74, 6) is 1.14. The molecule has 0 aliphatic heterocycles. The summed E-state index contributed by atoms with van der Waals surface area (Å²) >= 11 is 0. The average Bonchev–Trinajstić information content (AvgIpc) is 2.84. The molecule has 0 saturated heterocycles. The third-order valence-electron chi connectivity index (χ3n) is 6.29. The second kappa shape index (κ2) is 12.3. The van der Waals surface area contributed by atoms with E-state index in [-0.39, 0.29) is 24.5 Å². The number of nitrogens with one attached hydrogen (secondary N) is 1. The quantitative estimate of drug-likeness (QED) is 0.570. The molecule has 1 N–H and O–H groups in total. The molecule has 2 aromatic rings. The summed E-state index contributed by atoms with van der Waals surface area (Å²) in [6.45, 7) is 4.10. The van der Waals surface area contributed by atoms with Crippen molar-refractivity contribution >= 4 is 11.8 Å². The van der Waals surface area contributed by atoms with Gasteiger partial charge in [0.1, 0.15) is 17.5 Å². The van der Waals surface area contributed by atoms with Gasteiger partial charge in [0.05, 0.1) is 7.11 Å². The highest BCUT2D eigenvalue weighted by molar-refractivity contribution is 5.88. The summed E-state index contributed by atoms with van der Waals surface area (Å²) in [4.78, 5) is 28.2. The Kier molecular flexibility index (Phi) is 9.16. The first-order chi connectivity index (χ1) is 16.0. The van der Waals surface area contributed by atoms with Gasteiger partial charge in [-0.1, -0.05) is 56.5 Å². The number of carbonyl (C=O) groups is 2. The van der Waals surface area contributed by atoms with Crippen molar-refractivity contribution in [2.45, 2.75) is 71.0 Å². The molecule has 0 aromatic heterocycles. The van der Waals surface area contributed by atoms with Gasteiger partial charge in [-0.2, -0.15) is 0 Å². The van der Waals surface area contributed by atoms with Gasteiger partial charge in [0.2, 0.25) is 5.91 Å². The highest BCUT2D eigenvalue weighted by Gasteiger charge is 2.30. The molecule has 6 nitrogen and oxygen atoms in total. The largest absolute Gasteiger partial charge is 0.497 e. The topological polar surface area (TPSA) is 67.9 Å². The number of rotatable bonds is 10. The van der Waals surface area contributed by atoms with Crippen LogP contribution < -0.4 is 14.8 Å². The molecular formula is C27H36N2O4. The van der Waals surface area contributed by atoms with Gasteiger partial charge < -0.3 is 19.7 Å². The number of aryl methyl sites for hydroxylation is 1. The van der Waals surface area contributed by atoms with E-state index in [2.05, 4.69) is 5.32 Å². The molecule has 1 atom stereocenters. The highest BCUT2D eigenvalue weighted by Crippen LogP contribution is 2.21. The van der Waals surface area contributed by atoms with E-state index in [0.717, 1.165) is 42.6 Å². The average molecular weight is 453 g/mol. The molecule has 178 valence electrons. The van der Waals surface area contributed by atoms with Crippen LogP contribution in [0.1, 0.15) is 56.6 Å². The highest BCUT2D eigenvalue weighted by atomic mass is 16.5. The molecule has 0 spiro atoms. The zero-order chi connectivity index (χ0) is 23.6. The molecule has 0 radical (unpaired) electrons. The minimum Gasteiger partial charge on any atom is -0.497 e. The van der Waals surface area contributed by atoms with Gasteiger partial charge >= 0.3 is 0 Å². The van der Waals surface area contributed by atoms with Crippen molar-refractivity contribution in [1.29, 1.82) is 0 Å².